The summed E-state index contributed by atoms with van der Waals surface area (Å²) in [6.07, 6.45) is 1.37. The lowest BCUT2D eigenvalue weighted by atomic mass is 9.55. The molecule has 1 N–H and O–H groups in total. The first-order valence-corrected chi connectivity index (χ1v) is 9.16. The summed E-state index contributed by atoms with van der Waals surface area (Å²) in [6.45, 7) is 2.99. The Hall–Kier alpha value is -2.54. The maximum absolute atomic E-state index is 12.3. The Morgan fingerprint density at radius 3 is 2.07 bits per heavy atom. The molecule has 0 radical (unpaired) electrons. The number of aromatic hydroxyl groups is 1. The second kappa shape index (κ2) is 8.65. The molecule has 0 saturated heterocycles. The molecule has 28 heavy (non-hydrogen) atoms. The predicted molar refractivity (Wildman–Crippen MR) is 110 cm³/mol. The number of halogens is 2. The standard InChI is InChI=1S/C20H16BCl2NO4/c1-12-5-7-14(10-16(12)22)21(15-8-6-13(2)17(23)11-15)28-27-20(26)19-18(25)4-3-9-24-19/h3-11,25H,1-2H3. The van der Waals surface area contributed by atoms with Crippen LogP contribution >= 0.6 is 23.2 Å². The van der Waals surface area contributed by atoms with Crippen LogP contribution in [-0.2, 0) is 9.69 Å². The van der Waals surface area contributed by atoms with Crippen molar-refractivity contribution in [1.29, 1.82) is 0 Å². The minimum Gasteiger partial charge on any atom is -0.505 e. The zero-order valence-electron chi connectivity index (χ0n) is 15.1. The molecule has 0 spiro atoms. The number of benzene rings is 2. The summed E-state index contributed by atoms with van der Waals surface area (Å²) in [7, 11) is 0. The number of aryl methyl sites for hydroxylation is 2. The van der Waals surface area contributed by atoms with Gasteiger partial charge >= 0.3 is 12.9 Å². The summed E-state index contributed by atoms with van der Waals surface area (Å²) >= 11 is 12.5. The molecule has 3 rings (SSSR count). The lowest BCUT2D eigenvalue weighted by molar-refractivity contribution is -0.152. The average molecular weight is 416 g/mol. The van der Waals surface area contributed by atoms with Gasteiger partial charge < -0.3 is 9.99 Å². The number of nitrogens with zero attached hydrogens (tertiary/aromatic N) is 1. The van der Waals surface area contributed by atoms with Gasteiger partial charge in [-0.3, -0.25) is 0 Å². The maximum Gasteiger partial charge on any atom is 0.421 e. The van der Waals surface area contributed by atoms with Gasteiger partial charge in [0.1, 0.15) is 5.75 Å². The topological polar surface area (TPSA) is 68.7 Å². The summed E-state index contributed by atoms with van der Waals surface area (Å²) in [4.78, 5) is 26.5. The zero-order valence-corrected chi connectivity index (χ0v) is 16.7. The van der Waals surface area contributed by atoms with Crippen LogP contribution in [-0.4, -0.2) is 23.0 Å². The summed E-state index contributed by atoms with van der Waals surface area (Å²) in [5.74, 6) is -1.22. The van der Waals surface area contributed by atoms with Gasteiger partial charge in [-0.2, -0.15) is 0 Å². The largest absolute Gasteiger partial charge is 0.505 e. The Labute approximate surface area is 172 Å². The first-order valence-electron chi connectivity index (χ1n) is 8.40. The fourth-order valence-electron chi connectivity index (χ4n) is 2.53. The van der Waals surface area contributed by atoms with Gasteiger partial charge in [0.15, 0.2) is 5.69 Å². The first-order chi connectivity index (χ1) is 13.4. The Bertz CT molecular complexity index is 977. The maximum atomic E-state index is 12.3. The van der Waals surface area contributed by atoms with E-state index in [1.54, 1.807) is 12.1 Å². The van der Waals surface area contributed by atoms with Crippen molar-refractivity contribution in [2.45, 2.75) is 13.8 Å². The Balaban J connectivity index is 1.92. The molecule has 0 saturated carbocycles. The van der Waals surface area contributed by atoms with E-state index in [0.29, 0.717) is 21.0 Å². The number of carbonyl (C=O) groups is 1. The second-order valence-corrected chi connectivity index (χ2v) is 7.05. The lowest BCUT2D eigenvalue weighted by Crippen LogP contribution is -2.45. The number of pyridine rings is 1. The van der Waals surface area contributed by atoms with Crippen molar-refractivity contribution in [3.05, 3.63) is 81.6 Å². The number of hydrogen-bond acceptors (Lipinski definition) is 5. The van der Waals surface area contributed by atoms with E-state index in [-0.39, 0.29) is 11.4 Å². The molecule has 2 aromatic carbocycles. The van der Waals surface area contributed by atoms with Crippen LogP contribution in [0.4, 0.5) is 0 Å². The predicted octanol–water partition coefficient (Wildman–Crippen LogP) is 3.61. The van der Waals surface area contributed by atoms with Crippen molar-refractivity contribution in [1.82, 2.24) is 4.98 Å². The molecule has 0 aliphatic heterocycles. The van der Waals surface area contributed by atoms with Crippen LogP contribution in [0.3, 0.4) is 0 Å². The van der Waals surface area contributed by atoms with Crippen molar-refractivity contribution >= 4 is 47.0 Å². The Morgan fingerprint density at radius 1 is 1.00 bits per heavy atom. The molecule has 0 atom stereocenters. The molecule has 0 fully saturated rings. The third-order valence-electron chi connectivity index (χ3n) is 4.20. The van der Waals surface area contributed by atoms with Crippen molar-refractivity contribution in [3.63, 3.8) is 0 Å². The Kier molecular flexibility index (Phi) is 6.24. The van der Waals surface area contributed by atoms with E-state index >= 15 is 0 Å². The van der Waals surface area contributed by atoms with Gasteiger partial charge in [-0.05, 0) is 60.2 Å². The third kappa shape index (κ3) is 4.47. The van der Waals surface area contributed by atoms with Crippen LogP contribution < -0.4 is 10.9 Å². The molecular formula is C20H16BCl2NO4. The molecule has 1 heterocycles. The number of hydrogen-bond donors (Lipinski definition) is 1. The molecule has 0 aliphatic carbocycles. The van der Waals surface area contributed by atoms with Gasteiger partial charge in [0, 0.05) is 16.2 Å². The summed E-state index contributed by atoms with van der Waals surface area (Å²) in [6, 6.07) is 13.6. The smallest absolute Gasteiger partial charge is 0.421 e. The number of carbonyl (C=O) groups excluding carboxylic acids is 1. The van der Waals surface area contributed by atoms with Gasteiger partial charge in [-0.25, -0.2) is 14.6 Å². The quantitative estimate of drug-likeness (QED) is 0.391. The highest BCUT2D eigenvalue weighted by Gasteiger charge is 2.27. The molecule has 0 amide bonds. The molecule has 1 aromatic heterocycles. The SMILES string of the molecule is Cc1ccc(B(OOC(=O)c2ncccc2O)c2ccc(C)c(Cl)c2)cc1Cl. The van der Waals surface area contributed by atoms with Gasteiger partial charge in [0.05, 0.1) is 0 Å². The highest BCUT2D eigenvalue weighted by molar-refractivity contribution is 6.80. The number of aromatic nitrogens is 1. The van der Waals surface area contributed by atoms with E-state index in [1.165, 1.54) is 18.3 Å². The highest BCUT2D eigenvalue weighted by atomic mass is 35.5. The fourth-order valence-corrected chi connectivity index (χ4v) is 2.91. The van der Waals surface area contributed by atoms with Crippen LogP contribution in [0.15, 0.2) is 54.7 Å². The zero-order chi connectivity index (χ0) is 20.3. The summed E-state index contributed by atoms with van der Waals surface area (Å²) in [5.41, 5.74) is 2.91. The van der Waals surface area contributed by atoms with E-state index in [9.17, 15) is 9.90 Å². The van der Waals surface area contributed by atoms with Crippen molar-refractivity contribution in [2.75, 3.05) is 0 Å². The molecule has 5 nitrogen and oxygen atoms in total. The summed E-state index contributed by atoms with van der Waals surface area (Å²) < 4.78 is 0. The molecule has 0 bridgehead atoms. The molecular weight excluding hydrogens is 400 g/mol. The van der Waals surface area contributed by atoms with Crippen LogP contribution in [0.1, 0.15) is 21.6 Å². The van der Waals surface area contributed by atoms with Gasteiger partial charge in [-0.1, -0.05) is 47.5 Å². The molecule has 142 valence electrons. The van der Waals surface area contributed by atoms with Crippen molar-refractivity contribution in [2.24, 2.45) is 0 Å². The molecule has 3 aromatic rings. The van der Waals surface area contributed by atoms with E-state index in [0.717, 1.165) is 11.1 Å². The van der Waals surface area contributed by atoms with Crippen molar-refractivity contribution < 1.29 is 19.6 Å². The van der Waals surface area contributed by atoms with Crippen LogP contribution in [0.25, 0.3) is 0 Å². The number of rotatable bonds is 5. The minimum atomic E-state index is -0.917. The first kappa shape index (κ1) is 20.2. The van der Waals surface area contributed by atoms with Crippen LogP contribution in [0, 0.1) is 13.8 Å². The molecule has 0 unspecified atom stereocenters. The normalized spacial score (nSPS) is 10.6. The van der Waals surface area contributed by atoms with E-state index in [2.05, 4.69) is 4.98 Å². The van der Waals surface area contributed by atoms with Gasteiger partial charge in [0.2, 0.25) is 0 Å². The Morgan fingerprint density at radius 2 is 1.57 bits per heavy atom. The van der Waals surface area contributed by atoms with E-state index in [4.69, 9.17) is 32.9 Å². The highest BCUT2D eigenvalue weighted by Crippen LogP contribution is 2.17. The fraction of sp³-hybridized carbons (Fsp3) is 0.100. The average Bonchev–Trinajstić information content (AvgIpc) is 2.67. The molecule has 8 heteroatoms. The third-order valence-corrected chi connectivity index (χ3v) is 5.01. The lowest BCUT2D eigenvalue weighted by Gasteiger charge is -2.15. The minimum absolute atomic E-state index is 0.245. The van der Waals surface area contributed by atoms with Crippen LogP contribution in [0.5, 0.6) is 5.75 Å². The van der Waals surface area contributed by atoms with E-state index < -0.39 is 12.9 Å². The van der Waals surface area contributed by atoms with Gasteiger partial charge in [-0.15, -0.1) is 0 Å². The monoisotopic (exact) mass is 415 g/mol. The molecule has 0 aliphatic rings. The van der Waals surface area contributed by atoms with Crippen LogP contribution in [0.2, 0.25) is 10.0 Å². The summed E-state index contributed by atoms with van der Waals surface area (Å²) in [5, 5.41) is 10.9. The van der Waals surface area contributed by atoms with Crippen molar-refractivity contribution in [3.8, 4) is 5.75 Å². The van der Waals surface area contributed by atoms with Gasteiger partial charge in [0.25, 0.3) is 0 Å². The second-order valence-electron chi connectivity index (χ2n) is 6.24. The van der Waals surface area contributed by atoms with E-state index in [1.807, 2.05) is 38.1 Å².